The molecule has 1 aliphatic rings. The maximum atomic E-state index is 9.20. The lowest BCUT2D eigenvalue weighted by molar-refractivity contribution is 0.277. The summed E-state index contributed by atoms with van der Waals surface area (Å²) < 4.78 is 0. The molecule has 0 saturated heterocycles. The number of anilines is 1. The van der Waals surface area contributed by atoms with Gasteiger partial charge in [0.25, 0.3) is 0 Å². The molecule has 0 spiro atoms. The van der Waals surface area contributed by atoms with Gasteiger partial charge in [-0.05, 0) is 31.9 Å². The van der Waals surface area contributed by atoms with Crippen LogP contribution < -0.4 is 4.90 Å². The summed E-state index contributed by atoms with van der Waals surface area (Å²) in [5.41, 5.74) is 0.570. The van der Waals surface area contributed by atoms with Crippen molar-refractivity contribution in [1.29, 1.82) is 0 Å². The number of aliphatic hydroxyl groups excluding tert-OH is 1. The van der Waals surface area contributed by atoms with Crippen molar-refractivity contribution in [2.24, 2.45) is 0 Å². The van der Waals surface area contributed by atoms with E-state index >= 15 is 0 Å². The Morgan fingerprint density at radius 3 is 2.71 bits per heavy atom. The minimum Gasteiger partial charge on any atom is -0.390 e. The lowest BCUT2D eigenvalue weighted by Crippen LogP contribution is -2.33. The first kappa shape index (κ1) is 12.7. The zero-order chi connectivity index (χ0) is 12.3. The number of halogens is 1. The summed E-state index contributed by atoms with van der Waals surface area (Å²) in [6, 6.07) is 4.37. The van der Waals surface area contributed by atoms with Crippen molar-refractivity contribution >= 4 is 17.4 Å². The van der Waals surface area contributed by atoms with E-state index in [0.717, 1.165) is 12.4 Å². The van der Waals surface area contributed by atoms with Crippen molar-refractivity contribution in [3.8, 4) is 0 Å². The first-order chi connectivity index (χ1) is 8.26. The third kappa shape index (κ3) is 2.72. The average molecular weight is 255 g/mol. The summed E-state index contributed by atoms with van der Waals surface area (Å²) in [5, 5.41) is 9.74. The number of hydrogen-bond acceptors (Lipinski definition) is 3. The van der Waals surface area contributed by atoms with Gasteiger partial charge in [-0.1, -0.05) is 24.4 Å². The quantitative estimate of drug-likeness (QED) is 0.897. The highest BCUT2D eigenvalue weighted by atomic mass is 35.5. The zero-order valence-corrected chi connectivity index (χ0v) is 11.0. The molecule has 2 rings (SSSR count). The van der Waals surface area contributed by atoms with Crippen molar-refractivity contribution in [3.05, 3.63) is 22.8 Å². The molecular formula is C13H19ClN2O. The van der Waals surface area contributed by atoms with Gasteiger partial charge in [0.15, 0.2) is 0 Å². The monoisotopic (exact) mass is 254 g/mol. The van der Waals surface area contributed by atoms with Gasteiger partial charge >= 0.3 is 0 Å². The highest BCUT2D eigenvalue weighted by Crippen LogP contribution is 2.28. The molecule has 0 aromatic carbocycles. The van der Waals surface area contributed by atoms with E-state index in [9.17, 15) is 5.11 Å². The first-order valence-corrected chi connectivity index (χ1v) is 6.67. The maximum absolute atomic E-state index is 9.20. The molecule has 1 heterocycles. The Kier molecular flexibility index (Phi) is 4.24. The Hall–Kier alpha value is -0.800. The molecule has 4 heteroatoms. The molecule has 1 N–H and O–H groups in total. The largest absolute Gasteiger partial charge is 0.390 e. The number of hydrogen-bond donors (Lipinski definition) is 1. The van der Waals surface area contributed by atoms with Crippen molar-refractivity contribution in [3.63, 3.8) is 0 Å². The van der Waals surface area contributed by atoms with Gasteiger partial charge in [0, 0.05) is 12.6 Å². The molecule has 0 amide bonds. The van der Waals surface area contributed by atoms with Gasteiger partial charge < -0.3 is 10.0 Å². The van der Waals surface area contributed by atoms with Crippen LogP contribution in [0, 0.1) is 0 Å². The highest BCUT2D eigenvalue weighted by molar-refractivity contribution is 6.31. The molecule has 1 aromatic rings. The van der Waals surface area contributed by atoms with E-state index < -0.39 is 0 Å². The first-order valence-electron chi connectivity index (χ1n) is 6.29. The van der Waals surface area contributed by atoms with E-state index in [1.165, 1.54) is 25.7 Å². The summed E-state index contributed by atoms with van der Waals surface area (Å²) in [6.07, 6.45) is 5.10. The molecule has 1 aliphatic carbocycles. The highest BCUT2D eigenvalue weighted by Gasteiger charge is 2.22. The van der Waals surface area contributed by atoms with Crippen molar-refractivity contribution in [2.75, 3.05) is 11.4 Å². The van der Waals surface area contributed by atoms with Crippen LogP contribution >= 0.6 is 11.6 Å². The molecular weight excluding hydrogens is 236 g/mol. The van der Waals surface area contributed by atoms with E-state index in [-0.39, 0.29) is 6.61 Å². The summed E-state index contributed by atoms with van der Waals surface area (Å²) in [5.74, 6) is 0.938. The van der Waals surface area contributed by atoms with Crippen LogP contribution in [0.2, 0.25) is 5.02 Å². The topological polar surface area (TPSA) is 36.4 Å². The van der Waals surface area contributed by atoms with E-state index in [2.05, 4.69) is 16.8 Å². The fraction of sp³-hybridized carbons (Fsp3) is 0.615. The van der Waals surface area contributed by atoms with Crippen LogP contribution in [0.4, 0.5) is 5.82 Å². The van der Waals surface area contributed by atoms with E-state index in [4.69, 9.17) is 11.6 Å². The lowest BCUT2D eigenvalue weighted by Gasteiger charge is -2.29. The SMILES string of the molecule is CCN(c1ccc(Cl)c(CO)n1)C1CCCC1. The molecule has 17 heavy (non-hydrogen) atoms. The fourth-order valence-electron chi connectivity index (χ4n) is 2.57. The minimum absolute atomic E-state index is 0.102. The predicted octanol–water partition coefficient (Wildman–Crippen LogP) is 3.00. The van der Waals surface area contributed by atoms with Crippen LogP contribution in [0.1, 0.15) is 38.3 Å². The second kappa shape index (κ2) is 5.69. The lowest BCUT2D eigenvalue weighted by atomic mass is 10.2. The van der Waals surface area contributed by atoms with E-state index in [0.29, 0.717) is 16.8 Å². The van der Waals surface area contributed by atoms with Gasteiger partial charge in [-0.3, -0.25) is 0 Å². The molecule has 1 saturated carbocycles. The van der Waals surface area contributed by atoms with Crippen LogP contribution in [0.15, 0.2) is 12.1 Å². The molecule has 0 radical (unpaired) electrons. The van der Waals surface area contributed by atoms with Crippen molar-refractivity contribution in [1.82, 2.24) is 4.98 Å². The van der Waals surface area contributed by atoms with Crippen LogP contribution in [0.5, 0.6) is 0 Å². The Labute approximate surface area is 107 Å². The third-order valence-electron chi connectivity index (χ3n) is 3.45. The Bertz CT molecular complexity index is 378. The minimum atomic E-state index is -0.102. The third-order valence-corrected chi connectivity index (χ3v) is 3.80. The molecule has 1 aromatic heterocycles. The van der Waals surface area contributed by atoms with Gasteiger partial charge in [-0.15, -0.1) is 0 Å². The molecule has 0 aliphatic heterocycles. The Morgan fingerprint density at radius 1 is 1.41 bits per heavy atom. The molecule has 3 nitrogen and oxygen atoms in total. The van der Waals surface area contributed by atoms with Crippen molar-refractivity contribution < 1.29 is 5.11 Å². The fourth-order valence-corrected chi connectivity index (χ4v) is 2.73. The average Bonchev–Trinajstić information content (AvgIpc) is 2.86. The van der Waals surface area contributed by atoms with Gasteiger partial charge in [-0.25, -0.2) is 4.98 Å². The number of rotatable bonds is 4. The number of nitrogens with zero attached hydrogens (tertiary/aromatic N) is 2. The molecule has 0 atom stereocenters. The number of aliphatic hydroxyl groups is 1. The van der Waals surface area contributed by atoms with Gasteiger partial charge in [-0.2, -0.15) is 0 Å². The molecule has 0 unspecified atom stereocenters. The van der Waals surface area contributed by atoms with Crippen LogP contribution in [0.3, 0.4) is 0 Å². The van der Waals surface area contributed by atoms with Crippen LogP contribution in [0.25, 0.3) is 0 Å². The second-order valence-electron chi connectivity index (χ2n) is 4.48. The zero-order valence-electron chi connectivity index (χ0n) is 10.2. The van der Waals surface area contributed by atoms with Crippen LogP contribution in [-0.4, -0.2) is 22.7 Å². The standard InChI is InChI=1S/C13H19ClN2O/c1-2-16(10-5-3-4-6-10)13-8-7-11(14)12(9-17)15-13/h7-8,10,17H,2-6,9H2,1H3. The smallest absolute Gasteiger partial charge is 0.129 e. The summed E-state index contributed by atoms with van der Waals surface area (Å²) in [4.78, 5) is 6.77. The summed E-state index contributed by atoms with van der Waals surface area (Å²) in [7, 11) is 0. The maximum Gasteiger partial charge on any atom is 0.129 e. The van der Waals surface area contributed by atoms with E-state index in [1.807, 2.05) is 12.1 Å². The van der Waals surface area contributed by atoms with Crippen LogP contribution in [-0.2, 0) is 6.61 Å². The Balaban J connectivity index is 2.23. The van der Waals surface area contributed by atoms with Crippen molar-refractivity contribution in [2.45, 2.75) is 45.3 Å². The summed E-state index contributed by atoms with van der Waals surface area (Å²) >= 11 is 5.96. The van der Waals surface area contributed by atoms with E-state index in [1.54, 1.807) is 0 Å². The Morgan fingerprint density at radius 2 is 2.12 bits per heavy atom. The molecule has 94 valence electrons. The summed E-state index contributed by atoms with van der Waals surface area (Å²) in [6.45, 7) is 2.99. The second-order valence-corrected chi connectivity index (χ2v) is 4.89. The number of aromatic nitrogens is 1. The van der Waals surface area contributed by atoms with Gasteiger partial charge in [0.2, 0.25) is 0 Å². The van der Waals surface area contributed by atoms with Gasteiger partial charge in [0.1, 0.15) is 5.82 Å². The number of pyridine rings is 1. The molecule has 0 bridgehead atoms. The normalized spacial score (nSPS) is 16.4. The predicted molar refractivity (Wildman–Crippen MR) is 70.4 cm³/mol. The van der Waals surface area contributed by atoms with Gasteiger partial charge in [0.05, 0.1) is 17.3 Å². The molecule has 1 fully saturated rings.